The molecule has 2 aromatic carbocycles. The Balaban J connectivity index is 1.61. The molecule has 4 rings (SSSR count). The molecule has 0 spiro atoms. The maximum atomic E-state index is 12.7. The number of hydrogen-bond donors (Lipinski definition) is 0. The minimum atomic E-state index is -0.432. The van der Waals surface area contributed by atoms with E-state index in [9.17, 15) is 14.9 Å². The smallest absolute Gasteiger partial charge is 0.271 e. The van der Waals surface area contributed by atoms with Crippen LogP contribution in [0.15, 0.2) is 70.5 Å². The van der Waals surface area contributed by atoms with E-state index in [1.54, 1.807) is 22.8 Å². The summed E-state index contributed by atoms with van der Waals surface area (Å²) in [6.07, 6.45) is 5.58. The lowest BCUT2D eigenvalue weighted by Gasteiger charge is -2.25. The number of benzene rings is 2. The molecular weight excluding hydrogens is 376 g/mol. The van der Waals surface area contributed by atoms with Gasteiger partial charge in [-0.3, -0.25) is 19.5 Å². The Morgan fingerprint density at radius 3 is 2.75 bits per heavy atom. The molecule has 0 atom stereocenters. The van der Waals surface area contributed by atoms with Crippen LogP contribution in [0, 0.1) is 10.1 Å². The first kappa shape index (κ1) is 17.9. The van der Waals surface area contributed by atoms with Crippen molar-refractivity contribution < 1.29 is 4.92 Å². The fraction of sp³-hybridized carbons (Fsp3) is 0.100. The van der Waals surface area contributed by atoms with E-state index in [0.717, 1.165) is 5.56 Å². The zero-order chi connectivity index (χ0) is 19.5. The third kappa shape index (κ3) is 3.63. The fourth-order valence-corrected chi connectivity index (χ4v) is 3.82. The van der Waals surface area contributed by atoms with Gasteiger partial charge in [-0.1, -0.05) is 59.9 Å². The molecule has 0 saturated carbocycles. The summed E-state index contributed by atoms with van der Waals surface area (Å²) in [6.45, 7) is 0.659. The van der Waals surface area contributed by atoms with E-state index >= 15 is 0 Å². The minimum absolute atomic E-state index is 0.0148. The standard InChI is InChI=1S/C20H16N4O3S/c25-19-18(11-4-8-15-6-2-1-3-7-15)28-20-21-13-22(14-23(19)20)16-9-5-10-17(12-16)24(26)27/h1-12H,13-14H2. The Bertz CT molecular complexity index is 1230. The van der Waals surface area contributed by atoms with Crippen molar-refractivity contribution >= 4 is 34.9 Å². The average Bonchev–Trinajstić information content (AvgIpc) is 3.04. The number of allylic oxidation sites excluding steroid dienone is 1. The van der Waals surface area contributed by atoms with Crippen LogP contribution in [-0.4, -0.2) is 16.2 Å². The van der Waals surface area contributed by atoms with Gasteiger partial charge in [-0.2, -0.15) is 0 Å². The molecule has 0 unspecified atom stereocenters. The highest BCUT2D eigenvalue weighted by molar-refractivity contribution is 7.07. The van der Waals surface area contributed by atoms with Crippen molar-refractivity contribution in [2.75, 3.05) is 11.6 Å². The van der Waals surface area contributed by atoms with Crippen LogP contribution in [0.25, 0.3) is 12.2 Å². The molecule has 0 N–H and O–H groups in total. The zero-order valence-corrected chi connectivity index (χ0v) is 15.6. The van der Waals surface area contributed by atoms with Gasteiger partial charge in [0.05, 0.1) is 9.46 Å². The number of fused-ring (bicyclic) bond motifs is 1. The van der Waals surface area contributed by atoms with Crippen LogP contribution in [0.2, 0.25) is 0 Å². The summed E-state index contributed by atoms with van der Waals surface area (Å²) >= 11 is 1.34. The first-order valence-electron chi connectivity index (χ1n) is 8.59. The summed E-state index contributed by atoms with van der Waals surface area (Å²) in [7, 11) is 0. The Kier molecular flexibility index (Phi) is 4.86. The van der Waals surface area contributed by atoms with E-state index in [-0.39, 0.29) is 11.2 Å². The van der Waals surface area contributed by atoms with Crippen LogP contribution in [0.5, 0.6) is 0 Å². The summed E-state index contributed by atoms with van der Waals surface area (Å²) in [5.74, 6) is 0. The number of nitro benzene ring substituents is 1. The lowest BCUT2D eigenvalue weighted by molar-refractivity contribution is -0.384. The second-order valence-electron chi connectivity index (χ2n) is 6.18. The Morgan fingerprint density at radius 1 is 1.14 bits per heavy atom. The summed E-state index contributed by atoms with van der Waals surface area (Å²) in [6, 6.07) is 16.2. The molecule has 0 fully saturated rings. The van der Waals surface area contributed by atoms with Gasteiger partial charge in [0.25, 0.3) is 11.2 Å². The van der Waals surface area contributed by atoms with Gasteiger partial charge >= 0.3 is 0 Å². The van der Waals surface area contributed by atoms with Crippen LogP contribution in [-0.2, 0) is 6.67 Å². The molecule has 0 saturated heterocycles. The maximum absolute atomic E-state index is 12.7. The van der Waals surface area contributed by atoms with Gasteiger partial charge in [0.1, 0.15) is 13.3 Å². The van der Waals surface area contributed by atoms with Crippen molar-refractivity contribution in [1.82, 2.24) is 4.57 Å². The van der Waals surface area contributed by atoms with Crippen molar-refractivity contribution in [2.45, 2.75) is 6.67 Å². The highest BCUT2D eigenvalue weighted by Gasteiger charge is 2.17. The Labute approximate surface area is 164 Å². The van der Waals surface area contributed by atoms with Gasteiger partial charge in [0.15, 0.2) is 4.80 Å². The Hall–Kier alpha value is -3.52. The Morgan fingerprint density at radius 2 is 1.96 bits per heavy atom. The van der Waals surface area contributed by atoms with Crippen molar-refractivity contribution in [3.8, 4) is 0 Å². The van der Waals surface area contributed by atoms with Gasteiger partial charge in [0.2, 0.25) is 0 Å². The first-order chi connectivity index (χ1) is 13.6. The molecule has 1 aromatic heterocycles. The van der Waals surface area contributed by atoms with Crippen LogP contribution >= 0.6 is 11.3 Å². The van der Waals surface area contributed by atoms with E-state index in [2.05, 4.69) is 4.99 Å². The number of non-ortho nitro benzene ring substituents is 1. The molecule has 0 amide bonds. The maximum Gasteiger partial charge on any atom is 0.271 e. The third-order valence-electron chi connectivity index (χ3n) is 4.32. The lowest BCUT2D eigenvalue weighted by atomic mass is 10.2. The number of thiazole rings is 1. The molecule has 140 valence electrons. The van der Waals surface area contributed by atoms with Crippen molar-refractivity contribution in [2.24, 2.45) is 4.99 Å². The number of rotatable bonds is 4. The van der Waals surface area contributed by atoms with Gasteiger partial charge in [-0.25, -0.2) is 4.99 Å². The minimum Gasteiger partial charge on any atom is -0.333 e. The predicted molar refractivity (Wildman–Crippen MR) is 110 cm³/mol. The molecule has 7 nitrogen and oxygen atoms in total. The highest BCUT2D eigenvalue weighted by Crippen LogP contribution is 2.21. The SMILES string of the molecule is O=c1c(=CC=Cc2ccccc2)sc2n1CN(c1cccc([N+](=O)[O-])c1)CN=2. The molecule has 0 aliphatic carbocycles. The van der Waals surface area contributed by atoms with Gasteiger partial charge in [-0.05, 0) is 17.7 Å². The van der Waals surface area contributed by atoms with E-state index < -0.39 is 4.92 Å². The summed E-state index contributed by atoms with van der Waals surface area (Å²) < 4.78 is 2.20. The molecule has 1 aliphatic heterocycles. The molecule has 1 aliphatic rings. The highest BCUT2D eigenvalue weighted by atomic mass is 32.1. The van der Waals surface area contributed by atoms with E-state index in [4.69, 9.17) is 0 Å². The summed E-state index contributed by atoms with van der Waals surface area (Å²) in [4.78, 5) is 30.2. The number of aromatic nitrogens is 1. The average molecular weight is 392 g/mol. The van der Waals surface area contributed by atoms with Crippen molar-refractivity contribution in [3.05, 3.63) is 96.0 Å². The molecule has 0 bridgehead atoms. The quantitative estimate of drug-likeness (QED) is 0.504. The summed E-state index contributed by atoms with van der Waals surface area (Å²) in [5.41, 5.74) is 1.62. The molecule has 8 heteroatoms. The van der Waals surface area contributed by atoms with Crippen LogP contribution in [0.1, 0.15) is 5.56 Å². The van der Waals surface area contributed by atoms with E-state index in [1.807, 2.05) is 47.4 Å². The van der Waals surface area contributed by atoms with E-state index in [0.29, 0.717) is 28.4 Å². The zero-order valence-electron chi connectivity index (χ0n) is 14.8. The molecule has 28 heavy (non-hydrogen) atoms. The van der Waals surface area contributed by atoms with Crippen LogP contribution < -0.4 is 19.8 Å². The molecular formula is C20H16N4O3S. The second-order valence-corrected chi connectivity index (χ2v) is 7.19. The largest absolute Gasteiger partial charge is 0.333 e. The number of nitrogens with zero attached hydrogens (tertiary/aromatic N) is 4. The predicted octanol–water partition coefficient (Wildman–Crippen LogP) is 2.37. The molecule has 2 heterocycles. The lowest BCUT2D eigenvalue weighted by Crippen LogP contribution is -2.42. The number of nitro groups is 1. The fourth-order valence-electron chi connectivity index (χ4n) is 2.90. The van der Waals surface area contributed by atoms with Crippen molar-refractivity contribution in [3.63, 3.8) is 0 Å². The first-order valence-corrected chi connectivity index (χ1v) is 9.40. The summed E-state index contributed by atoms with van der Waals surface area (Å²) in [5, 5.41) is 11.0. The molecule has 3 aromatic rings. The van der Waals surface area contributed by atoms with Gasteiger partial charge in [-0.15, -0.1) is 0 Å². The number of hydrogen-bond acceptors (Lipinski definition) is 6. The van der Waals surface area contributed by atoms with Gasteiger partial charge < -0.3 is 4.90 Å². The van der Waals surface area contributed by atoms with Gasteiger partial charge in [0, 0.05) is 17.8 Å². The monoisotopic (exact) mass is 392 g/mol. The van der Waals surface area contributed by atoms with E-state index in [1.165, 1.54) is 23.5 Å². The number of anilines is 1. The third-order valence-corrected chi connectivity index (χ3v) is 5.38. The topological polar surface area (TPSA) is 80.7 Å². The van der Waals surface area contributed by atoms with Crippen LogP contribution in [0.4, 0.5) is 11.4 Å². The normalized spacial score (nSPS) is 14.1. The van der Waals surface area contributed by atoms with Crippen molar-refractivity contribution in [1.29, 1.82) is 0 Å². The molecule has 0 radical (unpaired) electrons. The second kappa shape index (κ2) is 7.61. The van der Waals surface area contributed by atoms with Crippen LogP contribution in [0.3, 0.4) is 0 Å².